The number of methoxy groups -OCH3 is 3. The van der Waals surface area contributed by atoms with E-state index in [-0.39, 0.29) is 13.2 Å². The monoisotopic (exact) mass is 364 g/mol. The summed E-state index contributed by atoms with van der Waals surface area (Å²) in [6.07, 6.45) is -0.879. The molecule has 0 radical (unpaired) electrons. The first-order valence-electron chi connectivity index (χ1n) is 6.20. The highest BCUT2D eigenvalue weighted by molar-refractivity contribution is 9.10. The Morgan fingerprint density at radius 3 is 1.90 bits per heavy atom. The first kappa shape index (κ1) is 16.3. The molecule has 1 aliphatic heterocycles. The fourth-order valence-corrected chi connectivity index (χ4v) is 2.90. The van der Waals surface area contributed by atoms with E-state index in [0.717, 1.165) is 5.56 Å². The van der Waals surface area contributed by atoms with Crippen molar-refractivity contribution in [2.75, 3.05) is 34.5 Å². The molecule has 1 aromatic carbocycles. The SMILES string of the molecule is COc1c(C)c(C2OOCCOO2)c(Br)c(OC)c1OC. The summed E-state index contributed by atoms with van der Waals surface area (Å²) in [6.45, 7) is 2.40. The van der Waals surface area contributed by atoms with Crippen LogP contribution in [0.3, 0.4) is 0 Å². The van der Waals surface area contributed by atoms with Gasteiger partial charge in [-0.05, 0) is 22.9 Å². The molecule has 1 saturated heterocycles. The van der Waals surface area contributed by atoms with Gasteiger partial charge in [0.2, 0.25) is 5.75 Å². The molecule has 0 saturated carbocycles. The maximum absolute atomic E-state index is 5.41. The number of ether oxygens (including phenoxy) is 3. The molecular weight excluding hydrogens is 348 g/mol. The Morgan fingerprint density at radius 2 is 1.43 bits per heavy atom. The molecule has 0 spiro atoms. The van der Waals surface area contributed by atoms with Gasteiger partial charge in [0.15, 0.2) is 11.5 Å². The van der Waals surface area contributed by atoms with Crippen molar-refractivity contribution in [2.45, 2.75) is 13.2 Å². The van der Waals surface area contributed by atoms with E-state index in [0.29, 0.717) is 27.3 Å². The van der Waals surface area contributed by atoms with E-state index in [4.69, 9.17) is 33.8 Å². The number of halogens is 1. The van der Waals surface area contributed by atoms with Crippen molar-refractivity contribution in [1.29, 1.82) is 0 Å². The first-order valence-corrected chi connectivity index (χ1v) is 6.99. The molecule has 0 aromatic heterocycles. The minimum Gasteiger partial charge on any atom is -0.492 e. The van der Waals surface area contributed by atoms with Crippen molar-refractivity contribution in [3.8, 4) is 17.2 Å². The molecule has 0 aliphatic carbocycles. The highest BCUT2D eigenvalue weighted by atomic mass is 79.9. The Hall–Kier alpha value is -1.06. The molecule has 1 fully saturated rings. The topological polar surface area (TPSA) is 64.6 Å². The van der Waals surface area contributed by atoms with Gasteiger partial charge in [-0.25, -0.2) is 9.78 Å². The molecule has 0 bridgehead atoms. The molecule has 1 heterocycles. The third-order valence-electron chi connectivity index (χ3n) is 3.00. The highest BCUT2D eigenvalue weighted by Crippen LogP contribution is 2.50. The van der Waals surface area contributed by atoms with Gasteiger partial charge in [0.25, 0.3) is 6.29 Å². The molecule has 0 unspecified atom stereocenters. The predicted octanol–water partition coefficient (Wildman–Crippen LogP) is 2.69. The maximum Gasteiger partial charge on any atom is 0.251 e. The molecule has 1 aliphatic rings. The van der Waals surface area contributed by atoms with Gasteiger partial charge in [-0.2, -0.15) is 9.78 Å². The van der Waals surface area contributed by atoms with E-state index in [9.17, 15) is 0 Å². The Balaban J connectivity index is 2.58. The van der Waals surface area contributed by atoms with Crippen molar-refractivity contribution in [2.24, 2.45) is 0 Å². The number of hydrogen-bond donors (Lipinski definition) is 0. The first-order chi connectivity index (χ1) is 10.2. The fraction of sp³-hybridized carbons (Fsp3) is 0.538. The minimum atomic E-state index is -0.879. The van der Waals surface area contributed by atoms with Crippen LogP contribution in [0.2, 0.25) is 0 Å². The van der Waals surface area contributed by atoms with Gasteiger partial charge in [-0.15, -0.1) is 0 Å². The Labute approximate surface area is 131 Å². The standard InChI is InChI=1S/C13H17BrO7/c1-7-8(13-20-18-5-6-19-21-13)9(14)11(16-3)12(17-4)10(7)15-2/h13H,5-6H2,1-4H3. The summed E-state index contributed by atoms with van der Waals surface area (Å²) in [6, 6.07) is 0. The molecule has 118 valence electrons. The largest absolute Gasteiger partial charge is 0.492 e. The molecule has 1 aromatic rings. The average molecular weight is 365 g/mol. The predicted molar refractivity (Wildman–Crippen MR) is 75.4 cm³/mol. The lowest BCUT2D eigenvalue weighted by atomic mass is 10.1. The van der Waals surface area contributed by atoms with Gasteiger partial charge in [-0.1, -0.05) is 0 Å². The second-order valence-electron chi connectivity index (χ2n) is 4.12. The molecule has 2 rings (SSSR count). The zero-order valence-electron chi connectivity index (χ0n) is 12.2. The van der Waals surface area contributed by atoms with Crippen LogP contribution in [0.4, 0.5) is 0 Å². The highest BCUT2D eigenvalue weighted by Gasteiger charge is 2.31. The van der Waals surface area contributed by atoms with Crippen LogP contribution in [-0.4, -0.2) is 34.5 Å². The maximum atomic E-state index is 5.41. The van der Waals surface area contributed by atoms with Crippen LogP contribution in [0.25, 0.3) is 0 Å². The molecule has 0 amide bonds. The van der Waals surface area contributed by atoms with E-state index >= 15 is 0 Å². The van der Waals surface area contributed by atoms with Crippen molar-refractivity contribution in [3.05, 3.63) is 15.6 Å². The number of hydrogen-bond acceptors (Lipinski definition) is 7. The lowest BCUT2D eigenvalue weighted by Crippen LogP contribution is -2.11. The van der Waals surface area contributed by atoms with E-state index < -0.39 is 6.29 Å². The van der Waals surface area contributed by atoms with Gasteiger partial charge in [-0.3, -0.25) is 0 Å². The number of rotatable bonds is 4. The van der Waals surface area contributed by atoms with Gasteiger partial charge >= 0.3 is 0 Å². The zero-order valence-corrected chi connectivity index (χ0v) is 13.8. The van der Waals surface area contributed by atoms with Crippen LogP contribution in [0, 0.1) is 6.92 Å². The Bertz CT molecular complexity index is 467. The van der Waals surface area contributed by atoms with Crippen LogP contribution < -0.4 is 14.2 Å². The molecular formula is C13H17BrO7. The summed E-state index contributed by atoms with van der Waals surface area (Å²) in [5, 5.41) is 0. The van der Waals surface area contributed by atoms with Crippen LogP contribution in [-0.2, 0) is 19.6 Å². The molecule has 0 atom stereocenters. The normalized spacial score (nSPS) is 16.4. The van der Waals surface area contributed by atoms with Gasteiger partial charge < -0.3 is 14.2 Å². The summed E-state index contributed by atoms with van der Waals surface area (Å²) in [7, 11) is 4.61. The van der Waals surface area contributed by atoms with E-state index in [1.807, 2.05) is 6.92 Å². The van der Waals surface area contributed by atoms with Gasteiger partial charge in [0.1, 0.15) is 13.2 Å². The van der Waals surface area contributed by atoms with E-state index in [1.54, 1.807) is 7.11 Å². The third kappa shape index (κ3) is 3.09. The second-order valence-corrected chi connectivity index (χ2v) is 4.91. The van der Waals surface area contributed by atoms with Gasteiger partial charge in [0.05, 0.1) is 25.8 Å². The second kappa shape index (κ2) is 7.28. The molecule has 21 heavy (non-hydrogen) atoms. The molecule has 8 heteroatoms. The fourth-order valence-electron chi connectivity index (χ4n) is 2.08. The van der Waals surface area contributed by atoms with Crippen LogP contribution in [0.1, 0.15) is 17.4 Å². The van der Waals surface area contributed by atoms with Crippen LogP contribution >= 0.6 is 15.9 Å². The van der Waals surface area contributed by atoms with Crippen molar-refractivity contribution in [1.82, 2.24) is 0 Å². The minimum absolute atomic E-state index is 0.275. The van der Waals surface area contributed by atoms with Crippen molar-refractivity contribution >= 4 is 15.9 Å². The van der Waals surface area contributed by atoms with E-state index in [2.05, 4.69) is 15.9 Å². The van der Waals surface area contributed by atoms with E-state index in [1.165, 1.54) is 14.2 Å². The summed E-state index contributed by atoms with van der Waals surface area (Å²) in [5.41, 5.74) is 1.38. The summed E-state index contributed by atoms with van der Waals surface area (Å²) >= 11 is 3.48. The average Bonchev–Trinajstić information content (AvgIpc) is 2.76. The van der Waals surface area contributed by atoms with Crippen LogP contribution in [0.15, 0.2) is 4.47 Å². The summed E-state index contributed by atoms with van der Waals surface area (Å²) in [4.78, 5) is 20.4. The van der Waals surface area contributed by atoms with Crippen molar-refractivity contribution < 1.29 is 33.8 Å². The Kier molecular flexibility index (Phi) is 5.65. The number of benzene rings is 1. The van der Waals surface area contributed by atoms with Crippen LogP contribution in [0.5, 0.6) is 17.2 Å². The Morgan fingerprint density at radius 1 is 0.905 bits per heavy atom. The van der Waals surface area contributed by atoms with Gasteiger partial charge in [0, 0.05) is 11.1 Å². The quantitative estimate of drug-likeness (QED) is 0.760. The summed E-state index contributed by atoms with van der Waals surface area (Å²) in [5.74, 6) is 1.46. The third-order valence-corrected chi connectivity index (χ3v) is 3.79. The smallest absolute Gasteiger partial charge is 0.251 e. The summed E-state index contributed by atoms with van der Waals surface area (Å²) < 4.78 is 16.8. The zero-order chi connectivity index (χ0) is 15.4. The molecule has 7 nitrogen and oxygen atoms in total. The molecule has 0 N–H and O–H groups in total. The lowest BCUT2D eigenvalue weighted by molar-refractivity contribution is -0.430. The lowest BCUT2D eigenvalue weighted by Gasteiger charge is -2.22. The van der Waals surface area contributed by atoms with Crippen molar-refractivity contribution in [3.63, 3.8) is 0 Å².